The standard InChI is InChI=1S/C15H21N3/c1-10-6-14-15(7-11(10)2)18(9-17-14)13-5-3-4-12(16)8-13/h6-7,9,12-13H,3-5,8,16H2,1-2H3. The van der Waals surface area contributed by atoms with Crippen molar-refractivity contribution in [3.63, 3.8) is 0 Å². The van der Waals surface area contributed by atoms with Crippen LogP contribution < -0.4 is 5.73 Å². The molecule has 2 unspecified atom stereocenters. The molecule has 1 aliphatic carbocycles. The minimum atomic E-state index is 0.354. The number of hydrogen-bond donors (Lipinski definition) is 1. The molecule has 18 heavy (non-hydrogen) atoms. The van der Waals surface area contributed by atoms with Crippen LogP contribution in [0, 0.1) is 13.8 Å². The van der Waals surface area contributed by atoms with Gasteiger partial charge in [-0.25, -0.2) is 4.98 Å². The highest BCUT2D eigenvalue weighted by molar-refractivity contribution is 5.77. The molecule has 1 aliphatic rings. The molecule has 2 N–H and O–H groups in total. The molecule has 96 valence electrons. The molecule has 0 radical (unpaired) electrons. The molecule has 1 aromatic carbocycles. The fourth-order valence-corrected chi connectivity index (χ4v) is 3.03. The molecule has 3 nitrogen and oxygen atoms in total. The maximum absolute atomic E-state index is 6.10. The Morgan fingerprint density at radius 3 is 2.78 bits per heavy atom. The molecule has 1 fully saturated rings. The molecule has 0 bridgehead atoms. The molecule has 2 atom stereocenters. The van der Waals surface area contributed by atoms with Gasteiger partial charge in [-0.2, -0.15) is 0 Å². The van der Waals surface area contributed by atoms with Gasteiger partial charge in [0.15, 0.2) is 0 Å². The van der Waals surface area contributed by atoms with Gasteiger partial charge in [0, 0.05) is 12.1 Å². The summed E-state index contributed by atoms with van der Waals surface area (Å²) in [6, 6.07) is 5.33. The SMILES string of the molecule is Cc1cc2ncn(C3CCCC(N)C3)c2cc1C. The number of imidazole rings is 1. The van der Waals surface area contributed by atoms with Gasteiger partial charge in [0.25, 0.3) is 0 Å². The average molecular weight is 243 g/mol. The van der Waals surface area contributed by atoms with Crippen molar-refractivity contribution in [1.29, 1.82) is 0 Å². The molecule has 0 saturated heterocycles. The third-order valence-electron chi connectivity index (χ3n) is 4.27. The molecule has 1 aromatic heterocycles. The summed E-state index contributed by atoms with van der Waals surface area (Å²) in [4.78, 5) is 4.54. The Morgan fingerprint density at radius 1 is 1.22 bits per heavy atom. The van der Waals surface area contributed by atoms with Crippen molar-refractivity contribution in [1.82, 2.24) is 9.55 Å². The lowest BCUT2D eigenvalue weighted by Gasteiger charge is -2.28. The number of nitrogens with zero attached hydrogens (tertiary/aromatic N) is 2. The average Bonchev–Trinajstić information content (AvgIpc) is 2.73. The third-order valence-corrected chi connectivity index (χ3v) is 4.27. The topological polar surface area (TPSA) is 43.8 Å². The summed E-state index contributed by atoms with van der Waals surface area (Å²) in [5.74, 6) is 0. The summed E-state index contributed by atoms with van der Waals surface area (Å²) in [6.07, 6.45) is 6.70. The van der Waals surface area contributed by atoms with Crippen LogP contribution >= 0.6 is 0 Å². The Labute approximate surface area is 108 Å². The van der Waals surface area contributed by atoms with Crippen LogP contribution in [0.3, 0.4) is 0 Å². The summed E-state index contributed by atoms with van der Waals surface area (Å²) in [5, 5.41) is 0. The van der Waals surface area contributed by atoms with Crippen LogP contribution in [0.5, 0.6) is 0 Å². The van der Waals surface area contributed by atoms with Gasteiger partial charge >= 0.3 is 0 Å². The number of rotatable bonds is 1. The van der Waals surface area contributed by atoms with Crippen molar-refractivity contribution in [2.75, 3.05) is 0 Å². The molecule has 0 aliphatic heterocycles. The van der Waals surface area contributed by atoms with Gasteiger partial charge in [0.2, 0.25) is 0 Å². The lowest BCUT2D eigenvalue weighted by atomic mass is 9.91. The molecule has 1 heterocycles. The minimum Gasteiger partial charge on any atom is -0.328 e. The normalized spacial score (nSPS) is 24.6. The number of aromatic nitrogens is 2. The lowest BCUT2D eigenvalue weighted by molar-refractivity contribution is 0.325. The first-order valence-corrected chi connectivity index (χ1v) is 6.84. The predicted molar refractivity (Wildman–Crippen MR) is 74.7 cm³/mol. The highest BCUT2D eigenvalue weighted by Crippen LogP contribution is 2.31. The van der Waals surface area contributed by atoms with Crippen molar-refractivity contribution < 1.29 is 0 Å². The zero-order valence-electron chi connectivity index (χ0n) is 11.2. The summed E-state index contributed by atoms with van der Waals surface area (Å²) in [5.41, 5.74) is 11.1. The maximum Gasteiger partial charge on any atom is 0.0960 e. The van der Waals surface area contributed by atoms with Gasteiger partial charge in [-0.3, -0.25) is 0 Å². The molecular formula is C15H21N3. The van der Waals surface area contributed by atoms with E-state index in [-0.39, 0.29) is 0 Å². The minimum absolute atomic E-state index is 0.354. The highest BCUT2D eigenvalue weighted by atomic mass is 15.1. The van der Waals surface area contributed by atoms with Gasteiger partial charge < -0.3 is 10.3 Å². The zero-order chi connectivity index (χ0) is 12.7. The van der Waals surface area contributed by atoms with Crippen LogP contribution in [0.1, 0.15) is 42.9 Å². The van der Waals surface area contributed by atoms with Gasteiger partial charge in [0.1, 0.15) is 0 Å². The van der Waals surface area contributed by atoms with Crippen LogP contribution in [0.25, 0.3) is 11.0 Å². The number of nitrogens with two attached hydrogens (primary N) is 1. The summed E-state index contributed by atoms with van der Waals surface area (Å²) >= 11 is 0. The quantitative estimate of drug-likeness (QED) is 0.836. The molecule has 1 saturated carbocycles. The van der Waals surface area contributed by atoms with E-state index in [0.29, 0.717) is 12.1 Å². The van der Waals surface area contributed by atoms with E-state index in [2.05, 4.69) is 35.5 Å². The summed E-state index contributed by atoms with van der Waals surface area (Å²) in [7, 11) is 0. The molecule has 0 amide bonds. The fraction of sp³-hybridized carbons (Fsp3) is 0.533. The van der Waals surface area contributed by atoms with Gasteiger partial charge in [0.05, 0.1) is 17.4 Å². The van der Waals surface area contributed by atoms with E-state index in [4.69, 9.17) is 5.73 Å². The van der Waals surface area contributed by atoms with Crippen LogP contribution in [0.15, 0.2) is 18.5 Å². The largest absolute Gasteiger partial charge is 0.328 e. The van der Waals surface area contributed by atoms with E-state index in [1.165, 1.54) is 35.9 Å². The van der Waals surface area contributed by atoms with Crippen LogP contribution in [0.2, 0.25) is 0 Å². The number of aryl methyl sites for hydroxylation is 2. The third kappa shape index (κ3) is 1.93. The van der Waals surface area contributed by atoms with Gasteiger partial charge in [-0.1, -0.05) is 0 Å². The molecule has 3 heteroatoms. The molecule has 2 aromatic rings. The van der Waals surface area contributed by atoms with Crippen LogP contribution in [-0.4, -0.2) is 15.6 Å². The highest BCUT2D eigenvalue weighted by Gasteiger charge is 2.22. The van der Waals surface area contributed by atoms with E-state index in [1.807, 2.05) is 6.33 Å². The lowest BCUT2D eigenvalue weighted by Crippen LogP contribution is -2.29. The van der Waals surface area contributed by atoms with Crippen molar-refractivity contribution >= 4 is 11.0 Å². The molecule has 0 spiro atoms. The van der Waals surface area contributed by atoms with E-state index in [9.17, 15) is 0 Å². The molecule has 3 rings (SSSR count). The van der Waals surface area contributed by atoms with Crippen molar-refractivity contribution in [2.24, 2.45) is 5.73 Å². The predicted octanol–water partition coefficient (Wildman–Crippen LogP) is 3.10. The monoisotopic (exact) mass is 243 g/mol. The van der Waals surface area contributed by atoms with E-state index in [0.717, 1.165) is 11.9 Å². The van der Waals surface area contributed by atoms with Gasteiger partial charge in [-0.15, -0.1) is 0 Å². The second kappa shape index (κ2) is 4.39. The fourth-order valence-electron chi connectivity index (χ4n) is 3.03. The number of hydrogen-bond acceptors (Lipinski definition) is 2. The van der Waals surface area contributed by atoms with Gasteiger partial charge in [-0.05, 0) is 62.8 Å². The second-order valence-corrected chi connectivity index (χ2v) is 5.66. The smallest absolute Gasteiger partial charge is 0.0960 e. The van der Waals surface area contributed by atoms with Crippen molar-refractivity contribution in [3.05, 3.63) is 29.6 Å². The molecular weight excluding hydrogens is 222 g/mol. The first-order chi connectivity index (χ1) is 8.65. The zero-order valence-corrected chi connectivity index (χ0v) is 11.2. The van der Waals surface area contributed by atoms with E-state index < -0.39 is 0 Å². The van der Waals surface area contributed by atoms with E-state index in [1.54, 1.807) is 0 Å². The Morgan fingerprint density at radius 2 is 2.00 bits per heavy atom. The van der Waals surface area contributed by atoms with Crippen molar-refractivity contribution in [3.8, 4) is 0 Å². The second-order valence-electron chi connectivity index (χ2n) is 5.66. The maximum atomic E-state index is 6.10. The Kier molecular flexibility index (Phi) is 2.86. The number of fused-ring (bicyclic) bond motifs is 1. The summed E-state index contributed by atoms with van der Waals surface area (Å²) < 4.78 is 2.33. The Hall–Kier alpha value is -1.35. The van der Waals surface area contributed by atoms with Crippen LogP contribution in [0.4, 0.5) is 0 Å². The first kappa shape index (κ1) is 11.7. The van der Waals surface area contributed by atoms with Crippen molar-refractivity contribution in [2.45, 2.75) is 51.6 Å². The Balaban J connectivity index is 2.04. The first-order valence-electron chi connectivity index (χ1n) is 6.84. The van der Waals surface area contributed by atoms with E-state index >= 15 is 0 Å². The Bertz CT molecular complexity index is 570. The summed E-state index contributed by atoms with van der Waals surface area (Å²) in [6.45, 7) is 4.31. The van der Waals surface area contributed by atoms with Crippen LogP contribution in [-0.2, 0) is 0 Å². The number of benzene rings is 1.